The molecule has 0 aliphatic rings. The third-order valence-corrected chi connectivity index (χ3v) is 5.09. The number of amides is 1. The number of nitrogen functional groups attached to an aromatic ring is 1. The van der Waals surface area contributed by atoms with E-state index >= 15 is 0 Å². The summed E-state index contributed by atoms with van der Waals surface area (Å²) in [5.74, 6) is 4.93. The van der Waals surface area contributed by atoms with E-state index in [0.717, 1.165) is 23.7 Å². The lowest BCUT2D eigenvalue weighted by Crippen LogP contribution is -2.29. The van der Waals surface area contributed by atoms with E-state index in [1.54, 1.807) is 11.3 Å². The fourth-order valence-corrected chi connectivity index (χ4v) is 3.72. The van der Waals surface area contributed by atoms with Gasteiger partial charge in [-0.15, -0.1) is 22.7 Å². The first kappa shape index (κ1) is 15.1. The maximum atomic E-state index is 11.5. The molecule has 7 heteroatoms. The summed E-state index contributed by atoms with van der Waals surface area (Å²) >= 11 is 3.15. The van der Waals surface area contributed by atoms with Gasteiger partial charge in [0.2, 0.25) is 0 Å². The Hall–Kier alpha value is -1.28. The molecular formula is C13H18N4OS2. The summed E-state index contributed by atoms with van der Waals surface area (Å²) in [5.41, 5.74) is 6.30. The van der Waals surface area contributed by atoms with E-state index in [9.17, 15) is 4.79 Å². The highest BCUT2D eigenvalue weighted by atomic mass is 32.1. The molecule has 2 aromatic rings. The van der Waals surface area contributed by atoms with E-state index in [2.05, 4.69) is 22.4 Å². The van der Waals surface area contributed by atoms with Gasteiger partial charge in [-0.1, -0.05) is 0 Å². The molecule has 0 saturated carbocycles. The molecule has 0 atom stereocenters. The molecule has 0 aliphatic heterocycles. The van der Waals surface area contributed by atoms with E-state index < -0.39 is 0 Å². The minimum Gasteiger partial charge on any atom is -0.297 e. The van der Waals surface area contributed by atoms with Gasteiger partial charge in [0, 0.05) is 22.8 Å². The molecule has 2 rings (SSSR count). The van der Waals surface area contributed by atoms with Gasteiger partial charge in [0.25, 0.3) is 5.91 Å². The third kappa shape index (κ3) is 3.43. The maximum Gasteiger partial charge on any atom is 0.275 e. The van der Waals surface area contributed by atoms with Gasteiger partial charge in [-0.2, -0.15) is 0 Å². The number of nitrogens with two attached hydrogens (primary N) is 1. The lowest BCUT2D eigenvalue weighted by Gasteiger charge is -2.15. The van der Waals surface area contributed by atoms with Crippen LogP contribution in [0.4, 0.5) is 0 Å². The predicted octanol–water partition coefficient (Wildman–Crippen LogP) is 2.06. The largest absolute Gasteiger partial charge is 0.297 e. The minimum atomic E-state index is -0.231. The number of hydrazine groups is 1. The first-order valence-electron chi connectivity index (χ1n) is 6.19. The van der Waals surface area contributed by atoms with Crippen molar-refractivity contribution in [3.05, 3.63) is 37.5 Å². The van der Waals surface area contributed by atoms with E-state index in [0.29, 0.717) is 4.88 Å². The monoisotopic (exact) mass is 310 g/mol. The zero-order valence-electron chi connectivity index (χ0n) is 11.8. The zero-order chi connectivity index (χ0) is 14.7. The summed E-state index contributed by atoms with van der Waals surface area (Å²) in [6, 6.07) is 1.91. The number of nitrogens with one attached hydrogen (secondary N) is 1. The average molecular weight is 310 g/mol. The van der Waals surface area contributed by atoms with Crippen molar-refractivity contribution in [3.63, 3.8) is 0 Å². The van der Waals surface area contributed by atoms with Crippen molar-refractivity contribution in [1.29, 1.82) is 0 Å². The van der Waals surface area contributed by atoms with Gasteiger partial charge in [0.05, 0.1) is 16.1 Å². The second-order valence-electron chi connectivity index (χ2n) is 4.70. The summed E-state index contributed by atoms with van der Waals surface area (Å²) < 4.78 is 0. The lowest BCUT2D eigenvalue weighted by molar-refractivity contribution is 0.0957. The van der Waals surface area contributed by atoms with Crippen LogP contribution in [0.1, 0.15) is 30.7 Å². The molecule has 5 nitrogen and oxygen atoms in total. The summed E-state index contributed by atoms with van der Waals surface area (Å²) in [6.07, 6.45) is 0. The van der Waals surface area contributed by atoms with Crippen LogP contribution in [0.2, 0.25) is 0 Å². The van der Waals surface area contributed by atoms with Crippen LogP contribution in [-0.4, -0.2) is 22.8 Å². The van der Waals surface area contributed by atoms with E-state index in [1.165, 1.54) is 21.8 Å². The van der Waals surface area contributed by atoms with Crippen LogP contribution >= 0.6 is 22.7 Å². The first-order valence-corrected chi connectivity index (χ1v) is 7.88. The zero-order valence-corrected chi connectivity index (χ0v) is 13.4. The van der Waals surface area contributed by atoms with Crippen molar-refractivity contribution in [2.45, 2.75) is 26.9 Å². The molecule has 108 valence electrons. The second-order valence-corrected chi connectivity index (χ2v) is 6.89. The summed E-state index contributed by atoms with van der Waals surface area (Å²) in [5, 5.41) is 0. The number of hydrogen-bond donors (Lipinski definition) is 2. The number of nitrogens with zero attached hydrogens (tertiary/aromatic N) is 2. The molecule has 0 spiro atoms. The van der Waals surface area contributed by atoms with Crippen LogP contribution in [0, 0.1) is 13.8 Å². The molecule has 2 aromatic heterocycles. The number of aryl methyl sites for hydroxylation is 2. The fraction of sp³-hybridized carbons (Fsp3) is 0.385. The van der Waals surface area contributed by atoms with Crippen LogP contribution < -0.4 is 11.3 Å². The first-order chi connectivity index (χ1) is 9.51. The van der Waals surface area contributed by atoms with E-state index in [4.69, 9.17) is 5.84 Å². The van der Waals surface area contributed by atoms with Crippen molar-refractivity contribution in [3.8, 4) is 0 Å². The van der Waals surface area contributed by atoms with Crippen molar-refractivity contribution in [1.82, 2.24) is 15.3 Å². The molecular weight excluding hydrogens is 292 g/mol. The van der Waals surface area contributed by atoms with Crippen LogP contribution in [0.3, 0.4) is 0 Å². The Balaban J connectivity index is 2.04. The Kier molecular flexibility index (Phi) is 4.87. The topological polar surface area (TPSA) is 71.2 Å². The van der Waals surface area contributed by atoms with Gasteiger partial charge in [0.1, 0.15) is 0 Å². The van der Waals surface area contributed by atoms with Gasteiger partial charge < -0.3 is 0 Å². The van der Waals surface area contributed by atoms with Gasteiger partial charge in [-0.3, -0.25) is 15.1 Å². The van der Waals surface area contributed by atoms with Crippen molar-refractivity contribution < 1.29 is 4.79 Å². The van der Waals surface area contributed by atoms with E-state index in [1.807, 2.05) is 25.4 Å². The molecule has 0 radical (unpaired) electrons. The summed E-state index contributed by atoms with van der Waals surface area (Å²) in [6.45, 7) is 5.72. The number of aromatic nitrogens is 1. The molecule has 1 amide bonds. The number of rotatable bonds is 5. The van der Waals surface area contributed by atoms with Gasteiger partial charge in [-0.25, -0.2) is 10.8 Å². The smallest absolute Gasteiger partial charge is 0.275 e. The molecule has 0 unspecified atom stereocenters. The predicted molar refractivity (Wildman–Crippen MR) is 82.7 cm³/mol. The lowest BCUT2D eigenvalue weighted by atomic mass is 10.2. The molecule has 0 fully saturated rings. The Morgan fingerprint density at radius 2 is 2.20 bits per heavy atom. The molecule has 0 aliphatic carbocycles. The Morgan fingerprint density at radius 3 is 2.80 bits per heavy atom. The van der Waals surface area contributed by atoms with Crippen LogP contribution in [0.25, 0.3) is 0 Å². The molecule has 0 saturated heterocycles. The highest BCUT2D eigenvalue weighted by Crippen LogP contribution is 2.23. The highest BCUT2D eigenvalue weighted by molar-refractivity contribution is 7.14. The SMILES string of the molecule is Cc1ncsc1CN(C)Cc1cc(C(=O)NN)sc1C. The van der Waals surface area contributed by atoms with Crippen LogP contribution in [0.5, 0.6) is 0 Å². The Morgan fingerprint density at radius 1 is 1.45 bits per heavy atom. The fourth-order valence-electron chi connectivity index (χ4n) is 1.93. The molecule has 20 heavy (non-hydrogen) atoms. The summed E-state index contributed by atoms with van der Waals surface area (Å²) in [4.78, 5) is 21.1. The quantitative estimate of drug-likeness (QED) is 0.504. The number of hydrogen-bond acceptors (Lipinski definition) is 6. The maximum absolute atomic E-state index is 11.5. The normalized spacial score (nSPS) is 11.1. The highest BCUT2D eigenvalue weighted by Gasteiger charge is 2.13. The van der Waals surface area contributed by atoms with Gasteiger partial charge in [-0.05, 0) is 32.5 Å². The third-order valence-electron chi connectivity index (χ3n) is 3.07. The minimum absolute atomic E-state index is 0.231. The standard InChI is InChI=1S/C13H18N4OS2/c1-8-12(19-7-15-8)6-17(3)5-10-4-11(13(18)16-14)20-9(10)2/h4,7H,5-6,14H2,1-3H3,(H,16,18). The Bertz CT molecular complexity index is 605. The number of thiophene rings is 1. The number of carbonyl (C=O) groups is 1. The van der Waals surface area contributed by atoms with Crippen LogP contribution in [0.15, 0.2) is 11.6 Å². The Labute approximate surface area is 126 Å². The summed E-state index contributed by atoms with van der Waals surface area (Å²) in [7, 11) is 2.07. The molecule has 0 aromatic carbocycles. The van der Waals surface area contributed by atoms with Crippen LogP contribution in [-0.2, 0) is 13.1 Å². The van der Waals surface area contributed by atoms with Gasteiger partial charge in [0.15, 0.2) is 0 Å². The molecule has 2 heterocycles. The number of thiazole rings is 1. The molecule has 0 bridgehead atoms. The van der Waals surface area contributed by atoms with Gasteiger partial charge >= 0.3 is 0 Å². The molecule has 3 N–H and O–H groups in total. The number of carbonyl (C=O) groups excluding carboxylic acids is 1. The van der Waals surface area contributed by atoms with Crippen molar-refractivity contribution in [2.75, 3.05) is 7.05 Å². The second kappa shape index (κ2) is 6.45. The van der Waals surface area contributed by atoms with Crippen molar-refractivity contribution >= 4 is 28.6 Å². The average Bonchev–Trinajstić information content (AvgIpc) is 2.96. The van der Waals surface area contributed by atoms with E-state index in [-0.39, 0.29) is 5.91 Å². The van der Waals surface area contributed by atoms with Crippen molar-refractivity contribution in [2.24, 2.45) is 5.84 Å².